The molecule has 2 aliphatic rings. The van der Waals surface area contributed by atoms with E-state index in [9.17, 15) is 0 Å². The Morgan fingerprint density at radius 1 is 0.531 bits per heavy atom. The van der Waals surface area contributed by atoms with Crippen molar-refractivity contribution in [2.75, 3.05) is 11.5 Å². The van der Waals surface area contributed by atoms with Gasteiger partial charge in [-0.2, -0.15) is 0 Å². The van der Waals surface area contributed by atoms with Crippen molar-refractivity contribution >= 4 is 11.4 Å². The van der Waals surface area contributed by atoms with Crippen LogP contribution in [0.2, 0.25) is 0 Å². The highest BCUT2D eigenvalue weighted by molar-refractivity contribution is 5.74. The molecule has 0 saturated heterocycles. The van der Waals surface area contributed by atoms with Gasteiger partial charge in [-0.05, 0) is 79.9 Å². The van der Waals surface area contributed by atoms with E-state index in [4.69, 9.17) is 11.5 Å². The number of unbranched alkanes of at least 4 members (excludes halogenated alkanes) is 8. The Balaban J connectivity index is 1.94. The molecule has 32 heavy (non-hydrogen) atoms. The lowest BCUT2D eigenvalue weighted by Crippen LogP contribution is -2.16. The van der Waals surface area contributed by atoms with Crippen LogP contribution in [0.15, 0.2) is 0 Å². The molecule has 0 radical (unpaired) electrons. The largest absolute Gasteiger partial charge is 0.398 e. The summed E-state index contributed by atoms with van der Waals surface area (Å²) in [7, 11) is 0. The van der Waals surface area contributed by atoms with Crippen molar-refractivity contribution in [3.05, 3.63) is 22.3 Å². The van der Waals surface area contributed by atoms with E-state index in [0.29, 0.717) is 11.8 Å². The van der Waals surface area contributed by atoms with E-state index in [1.54, 1.807) is 5.56 Å². The second kappa shape index (κ2) is 13.5. The van der Waals surface area contributed by atoms with Gasteiger partial charge in [0.15, 0.2) is 0 Å². The molecule has 0 aromatic heterocycles. The summed E-state index contributed by atoms with van der Waals surface area (Å²) in [4.78, 5) is 0. The summed E-state index contributed by atoms with van der Waals surface area (Å²) < 4.78 is 0. The second-order valence-corrected chi connectivity index (χ2v) is 10.9. The maximum absolute atomic E-state index is 7.06. The number of benzene rings is 1. The first-order valence-corrected chi connectivity index (χ1v) is 14.4. The average molecular weight is 441 g/mol. The van der Waals surface area contributed by atoms with E-state index < -0.39 is 0 Å². The molecule has 2 aliphatic carbocycles. The van der Waals surface area contributed by atoms with Crippen molar-refractivity contribution in [1.82, 2.24) is 0 Å². The molecule has 0 atom stereocenters. The highest BCUT2D eigenvalue weighted by Gasteiger charge is 2.31. The van der Waals surface area contributed by atoms with E-state index >= 15 is 0 Å². The van der Waals surface area contributed by atoms with Crippen LogP contribution in [-0.2, 0) is 12.8 Å². The zero-order valence-corrected chi connectivity index (χ0v) is 21.5. The van der Waals surface area contributed by atoms with Gasteiger partial charge in [-0.25, -0.2) is 0 Å². The van der Waals surface area contributed by atoms with E-state index in [1.165, 1.54) is 145 Å². The predicted molar refractivity (Wildman–Crippen MR) is 143 cm³/mol. The van der Waals surface area contributed by atoms with Gasteiger partial charge in [-0.1, -0.05) is 90.9 Å². The molecule has 2 fully saturated rings. The lowest BCUT2D eigenvalue weighted by molar-refractivity contribution is 0.614. The molecule has 2 saturated carbocycles. The molecule has 2 nitrogen and oxygen atoms in total. The molecule has 0 unspecified atom stereocenters. The van der Waals surface area contributed by atoms with Gasteiger partial charge < -0.3 is 11.5 Å². The maximum atomic E-state index is 7.06. The Morgan fingerprint density at radius 3 is 1.31 bits per heavy atom. The Bertz CT molecular complexity index is 640. The van der Waals surface area contributed by atoms with E-state index in [1.807, 2.05) is 0 Å². The van der Waals surface area contributed by atoms with Crippen LogP contribution < -0.4 is 11.5 Å². The standard InChI is InChI=1S/C30H52N2/c1-3-5-7-9-11-21-25-27(23-17-13-14-18-23)26(22-12-10-8-6-4-2)30(32)28(29(25)31)24-19-15-16-20-24/h23-24H,3-22,31-32H2,1-2H3. The van der Waals surface area contributed by atoms with Gasteiger partial charge in [0.25, 0.3) is 0 Å². The molecule has 4 N–H and O–H groups in total. The summed E-state index contributed by atoms with van der Waals surface area (Å²) >= 11 is 0. The minimum Gasteiger partial charge on any atom is -0.398 e. The smallest absolute Gasteiger partial charge is 0.0405 e. The summed E-state index contributed by atoms with van der Waals surface area (Å²) in [6, 6.07) is 0. The molecule has 182 valence electrons. The molecule has 0 aliphatic heterocycles. The van der Waals surface area contributed by atoms with E-state index in [-0.39, 0.29) is 0 Å². The molecule has 0 bridgehead atoms. The van der Waals surface area contributed by atoms with Crippen LogP contribution in [0, 0.1) is 0 Å². The van der Waals surface area contributed by atoms with E-state index in [0.717, 1.165) is 11.4 Å². The second-order valence-electron chi connectivity index (χ2n) is 10.9. The van der Waals surface area contributed by atoms with Crippen molar-refractivity contribution in [2.45, 2.75) is 154 Å². The van der Waals surface area contributed by atoms with Crippen molar-refractivity contribution in [3.63, 3.8) is 0 Å². The quantitative estimate of drug-likeness (QED) is 0.224. The molecule has 0 heterocycles. The molecular formula is C30H52N2. The van der Waals surface area contributed by atoms with Gasteiger partial charge in [-0.3, -0.25) is 0 Å². The van der Waals surface area contributed by atoms with Crippen molar-refractivity contribution < 1.29 is 0 Å². The molecule has 2 heteroatoms. The van der Waals surface area contributed by atoms with Gasteiger partial charge in [-0.15, -0.1) is 0 Å². The Hall–Kier alpha value is -1.18. The van der Waals surface area contributed by atoms with Crippen LogP contribution in [0.4, 0.5) is 11.4 Å². The number of anilines is 2. The monoisotopic (exact) mass is 440 g/mol. The fraction of sp³-hybridized carbons (Fsp3) is 0.800. The third-order valence-electron chi connectivity index (χ3n) is 8.47. The summed E-state index contributed by atoms with van der Waals surface area (Å²) in [6.07, 6.45) is 26.3. The van der Waals surface area contributed by atoms with Crippen LogP contribution in [0.5, 0.6) is 0 Å². The first-order chi connectivity index (χ1) is 15.7. The summed E-state index contributed by atoms with van der Waals surface area (Å²) in [5, 5.41) is 0. The summed E-state index contributed by atoms with van der Waals surface area (Å²) in [6.45, 7) is 4.60. The third kappa shape index (κ3) is 6.45. The predicted octanol–water partition coefficient (Wildman–Crippen LogP) is 9.19. The first kappa shape index (κ1) is 25.4. The van der Waals surface area contributed by atoms with Gasteiger partial charge >= 0.3 is 0 Å². The molecular weight excluding hydrogens is 388 g/mol. The molecule has 0 spiro atoms. The highest BCUT2D eigenvalue weighted by Crippen LogP contribution is 2.49. The fourth-order valence-electron chi connectivity index (χ4n) is 6.65. The topological polar surface area (TPSA) is 52.0 Å². The molecule has 1 aromatic carbocycles. The third-order valence-corrected chi connectivity index (χ3v) is 8.47. The lowest BCUT2D eigenvalue weighted by Gasteiger charge is -2.29. The maximum Gasteiger partial charge on any atom is 0.0405 e. The van der Waals surface area contributed by atoms with Gasteiger partial charge in [0, 0.05) is 16.9 Å². The van der Waals surface area contributed by atoms with Crippen molar-refractivity contribution in [1.29, 1.82) is 0 Å². The van der Waals surface area contributed by atoms with Gasteiger partial charge in [0.05, 0.1) is 0 Å². The fourth-order valence-corrected chi connectivity index (χ4v) is 6.65. The Morgan fingerprint density at radius 2 is 0.906 bits per heavy atom. The normalized spacial score (nSPS) is 17.6. The Labute approximate surface area is 199 Å². The number of rotatable bonds is 14. The number of hydrogen-bond donors (Lipinski definition) is 2. The summed E-state index contributed by atoms with van der Waals surface area (Å²) in [5.41, 5.74) is 22.4. The number of nitrogens with two attached hydrogens (primary N) is 2. The first-order valence-electron chi connectivity index (χ1n) is 14.4. The number of nitrogen functional groups attached to an aromatic ring is 2. The minimum absolute atomic E-state index is 0.602. The highest BCUT2D eigenvalue weighted by atomic mass is 14.7. The zero-order valence-electron chi connectivity index (χ0n) is 21.5. The lowest BCUT2D eigenvalue weighted by atomic mass is 9.78. The molecule has 3 rings (SSSR count). The number of hydrogen-bond acceptors (Lipinski definition) is 2. The SMILES string of the molecule is CCCCCCCc1c(N)c(C2CCCC2)c(N)c(CCCCCCC)c1C1CCCC1. The minimum atomic E-state index is 0.602. The van der Waals surface area contributed by atoms with Crippen molar-refractivity contribution in [2.24, 2.45) is 0 Å². The van der Waals surface area contributed by atoms with E-state index in [2.05, 4.69) is 13.8 Å². The van der Waals surface area contributed by atoms with Crippen LogP contribution in [-0.4, -0.2) is 0 Å². The molecule has 1 aromatic rings. The molecule has 0 amide bonds. The van der Waals surface area contributed by atoms with Crippen LogP contribution >= 0.6 is 0 Å². The summed E-state index contributed by atoms with van der Waals surface area (Å²) in [5.74, 6) is 1.30. The van der Waals surface area contributed by atoms with Crippen LogP contribution in [0.1, 0.15) is 164 Å². The zero-order chi connectivity index (χ0) is 22.8. The van der Waals surface area contributed by atoms with Gasteiger partial charge in [0.1, 0.15) is 0 Å². The van der Waals surface area contributed by atoms with Crippen LogP contribution in [0.25, 0.3) is 0 Å². The Kier molecular flexibility index (Phi) is 10.7. The van der Waals surface area contributed by atoms with Gasteiger partial charge in [0.2, 0.25) is 0 Å². The van der Waals surface area contributed by atoms with Crippen LogP contribution in [0.3, 0.4) is 0 Å². The van der Waals surface area contributed by atoms with Crippen molar-refractivity contribution in [3.8, 4) is 0 Å². The average Bonchev–Trinajstić information content (AvgIpc) is 3.50.